The van der Waals surface area contributed by atoms with Crippen LogP contribution in [0.3, 0.4) is 0 Å². The van der Waals surface area contributed by atoms with Crippen LogP contribution in [0.1, 0.15) is 12.1 Å². The fourth-order valence-corrected chi connectivity index (χ4v) is 2.01. The van der Waals surface area contributed by atoms with Crippen LogP contribution in [0.5, 0.6) is 0 Å². The fourth-order valence-electron chi connectivity index (χ4n) is 2.01. The van der Waals surface area contributed by atoms with E-state index in [1.807, 2.05) is 0 Å². The highest BCUT2D eigenvalue weighted by Gasteiger charge is 2.40. The minimum Gasteiger partial charge on any atom is -0.333 e. The molecule has 2 heterocycles. The van der Waals surface area contributed by atoms with Crippen molar-refractivity contribution in [1.29, 1.82) is 0 Å². The Labute approximate surface area is 112 Å². The molecule has 0 spiro atoms. The van der Waals surface area contributed by atoms with Crippen molar-refractivity contribution in [2.45, 2.75) is 19.5 Å². The highest BCUT2D eigenvalue weighted by molar-refractivity contribution is 5.96. The van der Waals surface area contributed by atoms with Gasteiger partial charge in [-0.2, -0.15) is 13.2 Å². The first kappa shape index (κ1) is 14.4. The van der Waals surface area contributed by atoms with Gasteiger partial charge in [0.15, 0.2) is 0 Å². The van der Waals surface area contributed by atoms with Crippen molar-refractivity contribution in [1.82, 2.24) is 14.9 Å². The molecule has 0 aromatic carbocycles. The van der Waals surface area contributed by atoms with Crippen LogP contribution in [-0.4, -0.2) is 45.9 Å². The molecular weight excluding hydrogens is 277 g/mol. The molecule has 6 nitrogen and oxygen atoms in total. The number of alkyl halides is 3. The Morgan fingerprint density at radius 1 is 1.60 bits per heavy atom. The molecule has 1 aromatic heterocycles. The number of carbonyl (C=O) groups excluding carboxylic acids is 2. The van der Waals surface area contributed by atoms with Crippen molar-refractivity contribution >= 4 is 17.8 Å². The zero-order valence-corrected chi connectivity index (χ0v) is 10.6. The van der Waals surface area contributed by atoms with Gasteiger partial charge in [-0.15, -0.1) is 0 Å². The average molecular weight is 290 g/mol. The third kappa shape index (κ3) is 3.49. The van der Waals surface area contributed by atoms with Gasteiger partial charge in [-0.05, 0) is 6.92 Å². The van der Waals surface area contributed by atoms with Gasteiger partial charge in [0.1, 0.15) is 6.54 Å². The fraction of sp³-hybridized carbons (Fsp3) is 0.545. The quantitative estimate of drug-likeness (QED) is 0.874. The third-order valence-corrected chi connectivity index (χ3v) is 2.90. The van der Waals surface area contributed by atoms with Crippen LogP contribution in [0, 0.1) is 12.8 Å². The highest BCUT2D eigenvalue weighted by atomic mass is 19.4. The van der Waals surface area contributed by atoms with Crippen molar-refractivity contribution in [3.05, 3.63) is 11.9 Å². The molecule has 1 aliphatic heterocycles. The molecular formula is C11H13F3N4O2. The van der Waals surface area contributed by atoms with Crippen LogP contribution in [0.4, 0.5) is 19.1 Å². The molecule has 0 aliphatic carbocycles. The van der Waals surface area contributed by atoms with Gasteiger partial charge in [0.25, 0.3) is 0 Å². The molecule has 0 radical (unpaired) electrons. The number of aryl methyl sites for hydroxylation is 1. The van der Waals surface area contributed by atoms with E-state index in [1.54, 1.807) is 6.92 Å². The summed E-state index contributed by atoms with van der Waals surface area (Å²) >= 11 is 0. The first-order valence-electron chi connectivity index (χ1n) is 5.91. The summed E-state index contributed by atoms with van der Waals surface area (Å²) in [5.74, 6) is -1.76. The second kappa shape index (κ2) is 5.14. The number of carbonyl (C=O) groups is 2. The van der Waals surface area contributed by atoms with E-state index in [0.717, 1.165) is 5.69 Å². The van der Waals surface area contributed by atoms with E-state index >= 15 is 0 Å². The molecule has 9 heteroatoms. The number of hydrogen-bond acceptors (Lipinski definition) is 3. The van der Waals surface area contributed by atoms with Gasteiger partial charge in [-0.3, -0.25) is 14.9 Å². The molecule has 1 aliphatic rings. The summed E-state index contributed by atoms with van der Waals surface area (Å²) in [5.41, 5.74) is 0.737. The minimum atomic E-state index is -4.46. The SMILES string of the molecule is Cc1cnc(NC(=O)C2CC(=O)N(CC(F)(F)F)C2)[nH]1. The second-order valence-corrected chi connectivity index (χ2v) is 4.69. The summed E-state index contributed by atoms with van der Waals surface area (Å²) in [5, 5.41) is 2.44. The maximum atomic E-state index is 12.2. The highest BCUT2D eigenvalue weighted by Crippen LogP contribution is 2.24. The van der Waals surface area contributed by atoms with Crippen molar-refractivity contribution in [3.8, 4) is 0 Å². The van der Waals surface area contributed by atoms with Crippen LogP contribution in [-0.2, 0) is 9.59 Å². The first-order chi connectivity index (χ1) is 9.24. The Hall–Kier alpha value is -2.06. The summed E-state index contributed by atoms with van der Waals surface area (Å²) in [7, 11) is 0. The zero-order chi connectivity index (χ0) is 14.9. The molecule has 110 valence electrons. The Bertz CT molecular complexity index is 526. The number of likely N-dealkylation sites (tertiary alicyclic amines) is 1. The Balaban J connectivity index is 1.94. The number of imidazole rings is 1. The Morgan fingerprint density at radius 2 is 2.30 bits per heavy atom. The predicted molar refractivity (Wildman–Crippen MR) is 62.7 cm³/mol. The molecule has 1 unspecified atom stereocenters. The lowest BCUT2D eigenvalue weighted by Gasteiger charge is -2.18. The summed E-state index contributed by atoms with van der Waals surface area (Å²) in [4.78, 5) is 30.6. The Morgan fingerprint density at radius 3 is 2.85 bits per heavy atom. The number of aromatic amines is 1. The maximum Gasteiger partial charge on any atom is 0.406 e. The normalized spacial score (nSPS) is 19.5. The van der Waals surface area contributed by atoms with Crippen molar-refractivity contribution in [2.24, 2.45) is 5.92 Å². The number of rotatable bonds is 3. The van der Waals surface area contributed by atoms with E-state index in [9.17, 15) is 22.8 Å². The molecule has 20 heavy (non-hydrogen) atoms. The number of nitrogens with zero attached hydrogens (tertiary/aromatic N) is 2. The number of H-pyrrole nitrogens is 1. The predicted octanol–water partition coefficient (Wildman–Crippen LogP) is 1.07. The van der Waals surface area contributed by atoms with Crippen LogP contribution in [0.15, 0.2) is 6.20 Å². The number of hydrogen-bond donors (Lipinski definition) is 2. The molecule has 1 saturated heterocycles. The number of anilines is 1. The summed E-state index contributed by atoms with van der Waals surface area (Å²) in [6, 6.07) is 0. The summed E-state index contributed by atoms with van der Waals surface area (Å²) < 4.78 is 36.7. The Kier molecular flexibility index (Phi) is 3.69. The van der Waals surface area contributed by atoms with Crippen molar-refractivity contribution < 1.29 is 22.8 Å². The van der Waals surface area contributed by atoms with Crippen LogP contribution in [0.2, 0.25) is 0 Å². The smallest absolute Gasteiger partial charge is 0.333 e. The first-order valence-corrected chi connectivity index (χ1v) is 5.91. The molecule has 1 aromatic rings. The van der Waals surface area contributed by atoms with E-state index in [0.29, 0.717) is 4.90 Å². The topological polar surface area (TPSA) is 78.1 Å². The largest absolute Gasteiger partial charge is 0.406 e. The van der Waals surface area contributed by atoms with E-state index in [-0.39, 0.29) is 18.9 Å². The van der Waals surface area contributed by atoms with Crippen molar-refractivity contribution in [2.75, 3.05) is 18.4 Å². The summed E-state index contributed by atoms with van der Waals surface area (Å²) in [6.45, 7) is 0.187. The second-order valence-electron chi connectivity index (χ2n) is 4.69. The van der Waals surface area contributed by atoms with Gasteiger partial charge >= 0.3 is 6.18 Å². The number of aromatic nitrogens is 2. The van der Waals surface area contributed by atoms with E-state index < -0.39 is 30.5 Å². The minimum absolute atomic E-state index is 0.217. The van der Waals surface area contributed by atoms with E-state index in [2.05, 4.69) is 15.3 Å². The van der Waals surface area contributed by atoms with Crippen molar-refractivity contribution in [3.63, 3.8) is 0 Å². The number of nitrogens with one attached hydrogen (secondary N) is 2. The van der Waals surface area contributed by atoms with Gasteiger partial charge in [-0.1, -0.05) is 0 Å². The van der Waals surface area contributed by atoms with Gasteiger partial charge < -0.3 is 9.88 Å². The van der Waals surface area contributed by atoms with Gasteiger partial charge in [0, 0.05) is 24.9 Å². The lowest BCUT2D eigenvalue weighted by Crippen LogP contribution is -2.36. The monoisotopic (exact) mass is 290 g/mol. The van der Waals surface area contributed by atoms with E-state index in [4.69, 9.17) is 0 Å². The zero-order valence-electron chi connectivity index (χ0n) is 10.6. The number of amides is 2. The van der Waals surface area contributed by atoms with Gasteiger partial charge in [0.2, 0.25) is 17.8 Å². The molecule has 2 rings (SSSR count). The molecule has 0 bridgehead atoms. The number of halogens is 3. The standard InChI is InChI=1S/C11H13F3N4O2/c1-6-3-15-10(16-6)17-9(20)7-2-8(19)18(4-7)5-11(12,13)14/h3,7H,2,4-5H2,1H3,(H2,15,16,17,20). The lowest BCUT2D eigenvalue weighted by molar-refractivity contribution is -0.157. The summed E-state index contributed by atoms with van der Waals surface area (Å²) in [6.07, 6.45) is -3.17. The van der Waals surface area contributed by atoms with E-state index in [1.165, 1.54) is 6.20 Å². The average Bonchev–Trinajstić information content (AvgIpc) is 2.85. The lowest BCUT2D eigenvalue weighted by atomic mass is 10.1. The molecule has 2 amide bonds. The van der Waals surface area contributed by atoms with Gasteiger partial charge in [-0.25, -0.2) is 4.98 Å². The molecule has 1 atom stereocenters. The van der Waals surface area contributed by atoms with Crippen LogP contribution >= 0.6 is 0 Å². The van der Waals surface area contributed by atoms with Gasteiger partial charge in [0.05, 0.1) is 5.92 Å². The maximum absolute atomic E-state index is 12.2. The van der Waals surface area contributed by atoms with Crippen LogP contribution in [0.25, 0.3) is 0 Å². The molecule has 1 fully saturated rings. The third-order valence-electron chi connectivity index (χ3n) is 2.90. The molecule has 2 N–H and O–H groups in total. The van der Waals surface area contributed by atoms with Crippen LogP contribution < -0.4 is 5.32 Å². The molecule has 0 saturated carbocycles.